The molecule has 2 heterocycles. The Balaban J connectivity index is 2.03. The van der Waals surface area contributed by atoms with Gasteiger partial charge in [0.2, 0.25) is 5.91 Å². The number of amides is 1. The molecule has 1 aromatic carbocycles. The number of benzene rings is 1. The van der Waals surface area contributed by atoms with Crippen LogP contribution in [-0.2, 0) is 14.3 Å². The Bertz CT molecular complexity index is 909. The number of ether oxygens (including phenoxy) is 3. The molecule has 0 unspecified atom stereocenters. The number of nitrogens with zero attached hydrogens (tertiary/aromatic N) is 2. The molecule has 1 atom stereocenters. The van der Waals surface area contributed by atoms with Crippen LogP contribution in [0.25, 0.3) is 0 Å². The maximum absolute atomic E-state index is 12.9. The van der Waals surface area contributed by atoms with Crippen LogP contribution in [0.1, 0.15) is 52.1 Å². The monoisotopic (exact) mass is 446 g/mol. The van der Waals surface area contributed by atoms with Crippen molar-refractivity contribution in [1.29, 1.82) is 0 Å². The number of amidine groups is 1. The third-order valence-electron chi connectivity index (χ3n) is 5.16. The van der Waals surface area contributed by atoms with Crippen molar-refractivity contribution in [1.82, 2.24) is 4.90 Å². The Labute approximate surface area is 187 Å². The summed E-state index contributed by atoms with van der Waals surface area (Å²) in [5.74, 6) is 1.88. The molecule has 2 aliphatic rings. The molecule has 7 nitrogen and oxygen atoms in total. The number of aliphatic imine (C=N–C) groups is 1. The number of fused-ring (bicyclic) bond motifs is 1. The van der Waals surface area contributed by atoms with E-state index in [-0.39, 0.29) is 12.5 Å². The van der Waals surface area contributed by atoms with E-state index in [0.717, 1.165) is 12.0 Å². The zero-order chi connectivity index (χ0) is 22.5. The standard InChI is InChI=1S/C23H30N2O5S/c1-6-29-22(27)20-15(4)24-23-25(19(26)10-12-31-23)21(20)16-7-8-17(18(13-16)28-5)30-11-9-14(2)3/h7-8,13-14,21H,6,9-12H2,1-5H3/t21-/m0/s1. The van der Waals surface area contributed by atoms with Gasteiger partial charge in [-0.2, -0.15) is 0 Å². The van der Waals surface area contributed by atoms with Gasteiger partial charge in [0.05, 0.1) is 37.6 Å². The maximum atomic E-state index is 12.9. The van der Waals surface area contributed by atoms with Gasteiger partial charge in [-0.1, -0.05) is 31.7 Å². The van der Waals surface area contributed by atoms with E-state index in [1.165, 1.54) is 11.8 Å². The van der Waals surface area contributed by atoms with Crippen LogP contribution in [0.3, 0.4) is 0 Å². The van der Waals surface area contributed by atoms with Crippen molar-refractivity contribution in [2.45, 2.75) is 46.6 Å². The minimum Gasteiger partial charge on any atom is -0.493 e. The minimum absolute atomic E-state index is 0.0620. The Kier molecular flexibility index (Phi) is 7.64. The lowest BCUT2D eigenvalue weighted by Crippen LogP contribution is -2.45. The van der Waals surface area contributed by atoms with Gasteiger partial charge in [0.25, 0.3) is 0 Å². The molecule has 31 heavy (non-hydrogen) atoms. The van der Waals surface area contributed by atoms with Crippen molar-refractivity contribution >= 4 is 28.8 Å². The van der Waals surface area contributed by atoms with E-state index >= 15 is 0 Å². The fourth-order valence-electron chi connectivity index (χ4n) is 3.56. The van der Waals surface area contributed by atoms with E-state index in [9.17, 15) is 9.59 Å². The molecule has 3 rings (SSSR count). The molecule has 1 amide bonds. The van der Waals surface area contributed by atoms with Crippen molar-refractivity contribution in [3.05, 3.63) is 35.0 Å². The topological polar surface area (TPSA) is 77.4 Å². The van der Waals surface area contributed by atoms with Crippen LogP contribution in [0.2, 0.25) is 0 Å². The second kappa shape index (κ2) is 10.2. The quantitative estimate of drug-likeness (QED) is 0.553. The zero-order valence-electron chi connectivity index (χ0n) is 18.8. The predicted octanol–water partition coefficient (Wildman–Crippen LogP) is 4.33. The molecule has 0 aromatic heterocycles. The molecule has 1 saturated heterocycles. The Morgan fingerprint density at radius 3 is 2.77 bits per heavy atom. The van der Waals surface area contributed by atoms with Crippen LogP contribution in [0.15, 0.2) is 34.5 Å². The van der Waals surface area contributed by atoms with Crippen LogP contribution in [0.5, 0.6) is 11.5 Å². The molecule has 1 aromatic rings. The van der Waals surface area contributed by atoms with Crippen LogP contribution in [0.4, 0.5) is 0 Å². The third kappa shape index (κ3) is 5.06. The molecule has 8 heteroatoms. The van der Waals surface area contributed by atoms with E-state index < -0.39 is 12.0 Å². The number of hydrogen-bond acceptors (Lipinski definition) is 7. The van der Waals surface area contributed by atoms with Gasteiger partial charge in [0.1, 0.15) is 0 Å². The molecular formula is C23H30N2O5S. The lowest BCUT2D eigenvalue weighted by molar-refractivity contribution is -0.139. The highest BCUT2D eigenvalue weighted by molar-refractivity contribution is 8.14. The molecule has 0 aliphatic carbocycles. The molecule has 0 spiro atoms. The highest BCUT2D eigenvalue weighted by Crippen LogP contribution is 2.42. The Morgan fingerprint density at radius 1 is 1.32 bits per heavy atom. The van der Waals surface area contributed by atoms with Crippen LogP contribution >= 0.6 is 11.8 Å². The number of hydrogen-bond donors (Lipinski definition) is 0. The van der Waals surface area contributed by atoms with Gasteiger partial charge in [0, 0.05) is 12.2 Å². The molecule has 0 bridgehead atoms. The summed E-state index contributed by atoms with van der Waals surface area (Å²) in [4.78, 5) is 31.9. The Hall–Kier alpha value is -2.48. The van der Waals surface area contributed by atoms with Crippen molar-refractivity contribution in [3.63, 3.8) is 0 Å². The van der Waals surface area contributed by atoms with Gasteiger partial charge >= 0.3 is 5.97 Å². The summed E-state index contributed by atoms with van der Waals surface area (Å²) in [6.07, 6.45) is 1.32. The fraction of sp³-hybridized carbons (Fsp3) is 0.522. The average Bonchev–Trinajstić information content (AvgIpc) is 2.73. The molecule has 168 valence electrons. The maximum Gasteiger partial charge on any atom is 0.338 e. The zero-order valence-corrected chi connectivity index (χ0v) is 19.6. The number of methoxy groups -OCH3 is 1. The van der Waals surface area contributed by atoms with Gasteiger partial charge in [-0.15, -0.1) is 0 Å². The number of allylic oxidation sites excluding steroid dienone is 1. The normalized spacial score (nSPS) is 18.6. The lowest BCUT2D eigenvalue weighted by atomic mass is 9.94. The summed E-state index contributed by atoms with van der Waals surface area (Å²) in [5, 5.41) is 0.614. The molecule has 1 fully saturated rings. The number of esters is 1. The highest BCUT2D eigenvalue weighted by atomic mass is 32.2. The number of carbonyl (C=O) groups excluding carboxylic acids is 2. The fourth-order valence-corrected chi connectivity index (χ4v) is 4.57. The predicted molar refractivity (Wildman–Crippen MR) is 121 cm³/mol. The van der Waals surface area contributed by atoms with Crippen LogP contribution < -0.4 is 9.47 Å². The first-order chi connectivity index (χ1) is 14.9. The van der Waals surface area contributed by atoms with Gasteiger partial charge in [-0.25, -0.2) is 9.79 Å². The Morgan fingerprint density at radius 2 is 2.10 bits per heavy atom. The molecular weight excluding hydrogens is 416 g/mol. The first-order valence-corrected chi connectivity index (χ1v) is 11.6. The van der Waals surface area contributed by atoms with Gasteiger partial charge in [-0.05, 0) is 43.9 Å². The summed E-state index contributed by atoms with van der Waals surface area (Å²) >= 11 is 1.52. The van der Waals surface area contributed by atoms with Crippen molar-refractivity contribution in [2.75, 3.05) is 26.1 Å². The third-order valence-corrected chi connectivity index (χ3v) is 6.11. The molecule has 2 aliphatic heterocycles. The summed E-state index contributed by atoms with van der Waals surface area (Å²) < 4.78 is 16.8. The van der Waals surface area contributed by atoms with E-state index in [1.54, 1.807) is 25.9 Å². The van der Waals surface area contributed by atoms with Gasteiger partial charge in [-0.3, -0.25) is 9.69 Å². The van der Waals surface area contributed by atoms with Crippen molar-refractivity contribution in [3.8, 4) is 11.5 Å². The summed E-state index contributed by atoms with van der Waals surface area (Å²) in [5.41, 5.74) is 1.68. The van der Waals surface area contributed by atoms with Gasteiger partial charge < -0.3 is 14.2 Å². The average molecular weight is 447 g/mol. The summed E-state index contributed by atoms with van der Waals surface area (Å²) in [6.45, 7) is 8.66. The van der Waals surface area contributed by atoms with E-state index in [1.807, 2.05) is 18.2 Å². The van der Waals surface area contributed by atoms with Gasteiger partial charge in [0.15, 0.2) is 16.7 Å². The lowest BCUT2D eigenvalue weighted by Gasteiger charge is -2.39. The highest BCUT2D eigenvalue weighted by Gasteiger charge is 2.41. The molecule has 0 radical (unpaired) electrons. The largest absolute Gasteiger partial charge is 0.493 e. The second-order valence-corrected chi connectivity index (χ2v) is 8.88. The SMILES string of the molecule is CCOC(=O)C1=C(C)N=C2SCCC(=O)N2[C@H]1c1ccc(OCCC(C)C)c(OC)c1. The number of thioether (sulfide) groups is 1. The van der Waals surface area contributed by atoms with Crippen molar-refractivity contribution in [2.24, 2.45) is 10.9 Å². The molecule has 0 N–H and O–H groups in total. The summed E-state index contributed by atoms with van der Waals surface area (Å²) in [7, 11) is 1.58. The number of rotatable bonds is 8. The molecule has 0 saturated carbocycles. The smallest absolute Gasteiger partial charge is 0.338 e. The van der Waals surface area contributed by atoms with Crippen LogP contribution in [-0.4, -0.2) is 48.0 Å². The van der Waals surface area contributed by atoms with E-state index in [4.69, 9.17) is 14.2 Å². The van der Waals surface area contributed by atoms with Crippen LogP contribution in [0, 0.1) is 5.92 Å². The number of carbonyl (C=O) groups is 2. The van der Waals surface area contributed by atoms with E-state index in [2.05, 4.69) is 18.8 Å². The van der Waals surface area contributed by atoms with Crippen molar-refractivity contribution < 1.29 is 23.8 Å². The second-order valence-electron chi connectivity index (χ2n) is 7.82. The minimum atomic E-state index is -0.620. The first kappa shape index (κ1) is 23.2. The van der Waals surface area contributed by atoms with E-state index in [0.29, 0.717) is 52.6 Å². The summed E-state index contributed by atoms with van der Waals surface area (Å²) in [6, 6.07) is 4.92. The first-order valence-electron chi connectivity index (χ1n) is 10.6.